The van der Waals surface area contributed by atoms with Gasteiger partial charge >= 0.3 is 11.5 Å². The molecule has 9 heteroatoms. The van der Waals surface area contributed by atoms with Crippen LogP contribution in [0.5, 0.6) is 0 Å². The number of nitrogens with one attached hydrogen (secondary N) is 1. The van der Waals surface area contributed by atoms with Gasteiger partial charge in [-0.25, -0.2) is 0 Å². The highest BCUT2D eigenvalue weighted by Crippen LogP contribution is 2.36. The second-order valence-corrected chi connectivity index (χ2v) is 7.70. The molecule has 0 spiro atoms. The standard InChI is InChI=1S/C18H19F3N2O3S/c1-17(10-22,11-26-16(25)13-4-2-3-5-13)23-15(24)12-6-8-14(9-7-12)27-18(19,20)21/h6-9,13H,2-5,11H2,1H3,(H,23,24). The Balaban J connectivity index is 1.94. The van der Waals surface area contributed by atoms with Crippen LogP contribution in [-0.4, -0.2) is 29.5 Å². The smallest absolute Gasteiger partial charge is 0.446 e. The van der Waals surface area contributed by atoms with E-state index in [1.54, 1.807) is 0 Å². The number of nitriles is 1. The SMILES string of the molecule is CC(C#N)(COC(=O)C1CCCC1)NC(=O)c1ccc(SC(F)(F)F)cc1. The van der Waals surface area contributed by atoms with Crippen molar-refractivity contribution in [2.75, 3.05) is 6.61 Å². The highest BCUT2D eigenvalue weighted by atomic mass is 32.2. The normalized spacial score (nSPS) is 17.0. The highest BCUT2D eigenvalue weighted by molar-refractivity contribution is 8.00. The monoisotopic (exact) mass is 400 g/mol. The maximum atomic E-state index is 12.3. The molecule has 2 rings (SSSR count). The van der Waals surface area contributed by atoms with Gasteiger partial charge in [0.05, 0.1) is 12.0 Å². The van der Waals surface area contributed by atoms with Crippen molar-refractivity contribution in [3.8, 4) is 6.07 Å². The molecule has 0 bridgehead atoms. The predicted molar refractivity (Wildman–Crippen MR) is 92.8 cm³/mol. The van der Waals surface area contributed by atoms with Gasteiger partial charge in [0.2, 0.25) is 0 Å². The molecule has 27 heavy (non-hydrogen) atoms. The summed E-state index contributed by atoms with van der Waals surface area (Å²) < 4.78 is 42.2. The molecule has 1 N–H and O–H groups in total. The molecule has 1 aromatic carbocycles. The second kappa shape index (κ2) is 8.65. The minimum atomic E-state index is -4.41. The molecular weight excluding hydrogens is 381 g/mol. The molecule has 5 nitrogen and oxygen atoms in total. The van der Waals surface area contributed by atoms with E-state index in [1.165, 1.54) is 31.2 Å². The summed E-state index contributed by atoms with van der Waals surface area (Å²) in [6.45, 7) is 1.12. The van der Waals surface area contributed by atoms with Gasteiger partial charge in [-0.15, -0.1) is 0 Å². The van der Waals surface area contributed by atoms with Crippen LogP contribution in [0.25, 0.3) is 0 Å². The molecule has 1 atom stereocenters. The van der Waals surface area contributed by atoms with E-state index in [0.717, 1.165) is 25.7 Å². The molecule has 1 aliphatic rings. The van der Waals surface area contributed by atoms with Crippen molar-refractivity contribution in [1.82, 2.24) is 5.32 Å². The Morgan fingerprint density at radius 1 is 1.26 bits per heavy atom. The first-order chi connectivity index (χ1) is 12.6. The molecule has 0 aliphatic heterocycles. The number of esters is 1. The third-order valence-electron chi connectivity index (χ3n) is 4.18. The van der Waals surface area contributed by atoms with Gasteiger partial charge in [0.25, 0.3) is 5.91 Å². The molecule has 1 saturated carbocycles. The van der Waals surface area contributed by atoms with Crippen LogP contribution in [0.4, 0.5) is 13.2 Å². The third-order valence-corrected chi connectivity index (χ3v) is 4.92. The molecule has 1 fully saturated rings. The van der Waals surface area contributed by atoms with Gasteiger partial charge in [0.1, 0.15) is 6.61 Å². The Morgan fingerprint density at radius 3 is 2.37 bits per heavy atom. The number of benzene rings is 1. The summed E-state index contributed by atoms with van der Waals surface area (Å²) in [6, 6.07) is 6.74. The summed E-state index contributed by atoms with van der Waals surface area (Å²) in [6.07, 6.45) is 3.46. The second-order valence-electron chi connectivity index (χ2n) is 6.56. The van der Waals surface area contributed by atoms with Gasteiger partial charge in [-0.2, -0.15) is 18.4 Å². The van der Waals surface area contributed by atoms with E-state index in [9.17, 15) is 28.0 Å². The fourth-order valence-corrected chi connectivity index (χ4v) is 3.26. The fourth-order valence-electron chi connectivity index (χ4n) is 2.72. The van der Waals surface area contributed by atoms with Gasteiger partial charge in [0, 0.05) is 10.5 Å². The first kappa shape index (κ1) is 21.1. The van der Waals surface area contributed by atoms with E-state index in [1.807, 2.05) is 6.07 Å². The molecule has 1 aliphatic carbocycles. The van der Waals surface area contributed by atoms with Gasteiger partial charge in [-0.1, -0.05) is 12.8 Å². The summed E-state index contributed by atoms with van der Waals surface area (Å²) in [7, 11) is 0. The van der Waals surface area contributed by atoms with Crippen LogP contribution < -0.4 is 5.32 Å². The number of thioether (sulfide) groups is 1. The van der Waals surface area contributed by atoms with E-state index in [2.05, 4.69) is 5.32 Å². The zero-order chi connectivity index (χ0) is 20.1. The third kappa shape index (κ3) is 6.47. The molecule has 1 unspecified atom stereocenters. The Labute approximate surface area is 159 Å². The number of carbonyl (C=O) groups is 2. The lowest BCUT2D eigenvalue weighted by Gasteiger charge is -2.23. The number of hydrogen-bond donors (Lipinski definition) is 1. The van der Waals surface area contributed by atoms with Crippen LogP contribution in [0.1, 0.15) is 43.0 Å². The van der Waals surface area contributed by atoms with Crippen LogP contribution in [0.15, 0.2) is 29.2 Å². The Hall–Kier alpha value is -2.21. The van der Waals surface area contributed by atoms with E-state index in [-0.39, 0.29) is 40.7 Å². The predicted octanol–water partition coefficient (Wildman–Crippen LogP) is 4.04. The number of alkyl halides is 3. The molecule has 0 radical (unpaired) electrons. The number of hydrogen-bond acceptors (Lipinski definition) is 5. The van der Waals surface area contributed by atoms with E-state index >= 15 is 0 Å². The van der Waals surface area contributed by atoms with Crippen molar-refractivity contribution in [2.45, 2.75) is 48.5 Å². The zero-order valence-corrected chi connectivity index (χ0v) is 15.5. The summed E-state index contributed by atoms with van der Waals surface area (Å²) in [5.41, 5.74) is -5.75. The number of amides is 1. The van der Waals surface area contributed by atoms with E-state index < -0.39 is 17.0 Å². The quantitative estimate of drug-likeness (QED) is 0.576. The lowest BCUT2D eigenvalue weighted by atomic mass is 10.0. The van der Waals surface area contributed by atoms with Crippen molar-refractivity contribution in [2.24, 2.45) is 5.92 Å². The van der Waals surface area contributed by atoms with Crippen molar-refractivity contribution in [3.05, 3.63) is 29.8 Å². The van der Waals surface area contributed by atoms with Crippen LogP contribution in [0, 0.1) is 17.2 Å². The number of ether oxygens (including phenoxy) is 1. The Kier molecular flexibility index (Phi) is 6.76. The molecule has 0 saturated heterocycles. The summed E-state index contributed by atoms with van der Waals surface area (Å²) in [4.78, 5) is 24.2. The molecular formula is C18H19F3N2O3S. The van der Waals surface area contributed by atoms with Crippen LogP contribution >= 0.6 is 11.8 Å². The largest absolute Gasteiger partial charge is 0.462 e. The number of nitrogens with zero attached hydrogens (tertiary/aromatic N) is 1. The number of rotatable bonds is 6. The van der Waals surface area contributed by atoms with Gasteiger partial charge in [0.15, 0.2) is 5.54 Å². The van der Waals surface area contributed by atoms with Gasteiger partial charge in [-0.3, -0.25) is 9.59 Å². The molecule has 0 heterocycles. The fraction of sp³-hybridized carbons (Fsp3) is 0.500. The van der Waals surface area contributed by atoms with Gasteiger partial charge < -0.3 is 10.1 Å². The minimum Gasteiger partial charge on any atom is -0.462 e. The average molecular weight is 400 g/mol. The number of halogens is 3. The van der Waals surface area contributed by atoms with Gasteiger partial charge in [-0.05, 0) is 55.8 Å². The van der Waals surface area contributed by atoms with Crippen LogP contribution in [0.3, 0.4) is 0 Å². The summed E-state index contributed by atoms with van der Waals surface area (Å²) in [5, 5.41) is 11.8. The molecule has 1 amide bonds. The van der Waals surface area contributed by atoms with Crippen molar-refractivity contribution >= 4 is 23.6 Å². The minimum absolute atomic E-state index is 0.0485. The van der Waals surface area contributed by atoms with Crippen LogP contribution in [-0.2, 0) is 9.53 Å². The van der Waals surface area contributed by atoms with E-state index in [0.29, 0.717) is 0 Å². The van der Waals surface area contributed by atoms with Crippen molar-refractivity contribution in [1.29, 1.82) is 5.26 Å². The average Bonchev–Trinajstić information content (AvgIpc) is 3.13. The number of carbonyl (C=O) groups excluding carboxylic acids is 2. The lowest BCUT2D eigenvalue weighted by molar-refractivity contribution is -0.149. The first-order valence-corrected chi connectivity index (χ1v) is 9.20. The maximum absolute atomic E-state index is 12.3. The molecule has 0 aromatic heterocycles. The topological polar surface area (TPSA) is 79.2 Å². The van der Waals surface area contributed by atoms with Crippen LogP contribution in [0.2, 0.25) is 0 Å². The van der Waals surface area contributed by atoms with E-state index in [4.69, 9.17) is 4.74 Å². The maximum Gasteiger partial charge on any atom is 0.446 e. The summed E-state index contributed by atoms with van der Waals surface area (Å²) in [5.74, 6) is -1.18. The molecule has 1 aromatic rings. The Bertz CT molecular complexity index is 725. The Morgan fingerprint density at radius 2 is 1.85 bits per heavy atom. The lowest BCUT2D eigenvalue weighted by Crippen LogP contribution is -2.49. The molecule has 146 valence electrons. The summed E-state index contributed by atoms with van der Waals surface area (Å²) >= 11 is -0.279. The van der Waals surface area contributed by atoms with Crippen molar-refractivity contribution in [3.63, 3.8) is 0 Å². The first-order valence-electron chi connectivity index (χ1n) is 8.38. The zero-order valence-electron chi connectivity index (χ0n) is 14.6. The van der Waals surface area contributed by atoms with Crippen molar-refractivity contribution < 1.29 is 27.5 Å². The highest BCUT2D eigenvalue weighted by Gasteiger charge is 2.32.